The van der Waals surface area contributed by atoms with E-state index in [1.807, 2.05) is 0 Å². The molecule has 0 heterocycles. The summed E-state index contributed by atoms with van der Waals surface area (Å²) in [7, 11) is 1.40. The van der Waals surface area contributed by atoms with Gasteiger partial charge in [0, 0.05) is 6.07 Å². The van der Waals surface area contributed by atoms with Crippen LogP contribution in [0.1, 0.15) is 20.8 Å². The van der Waals surface area contributed by atoms with Gasteiger partial charge in [0.25, 0.3) is 0 Å². The van der Waals surface area contributed by atoms with Gasteiger partial charge in [0.2, 0.25) is 0 Å². The first-order valence-electron chi connectivity index (χ1n) is 5.47. The molecule has 0 fully saturated rings. The van der Waals surface area contributed by atoms with E-state index in [1.165, 1.54) is 19.2 Å². The number of nitrogens with one attached hydrogen (secondary N) is 1. The van der Waals surface area contributed by atoms with E-state index < -0.39 is 11.7 Å². The summed E-state index contributed by atoms with van der Waals surface area (Å²) < 4.78 is 10.1. The average molecular weight is 287 g/mol. The van der Waals surface area contributed by atoms with Crippen molar-refractivity contribution in [2.24, 2.45) is 5.18 Å². The zero-order chi connectivity index (χ0) is 14.6. The summed E-state index contributed by atoms with van der Waals surface area (Å²) >= 11 is 5.83. The summed E-state index contributed by atoms with van der Waals surface area (Å²) in [5, 5.41) is 5.36. The summed E-state index contributed by atoms with van der Waals surface area (Å²) in [4.78, 5) is 22.2. The predicted octanol–water partition coefficient (Wildman–Crippen LogP) is 4.09. The summed E-state index contributed by atoms with van der Waals surface area (Å²) in [5.41, 5.74) is -0.284. The largest absolute Gasteiger partial charge is 0.494 e. The number of rotatable bonds is 3. The molecular formula is C12H15ClN2O4. The van der Waals surface area contributed by atoms with Crippen molar-refractivity contribution < 1.29 is 14.3 Å². The van der Waals surface area contributed by atoms with Crippen molar-refractivity contribution >= 4 is 29.1 Å². The van der Waals surface area contributed by atoms with Crippen LogP contribution >= 0.6 is 11.6 Å². The second-order valence-electron chi connectivity index (χ2n) is 4.72. The normalized spacial score (nSPS) is 10.8. The van der Waals surface area contributed by atoms with Gasteiger partial charge in [-0.15, -0.1) is 4.91 Å². The van der Waals surface area contributed by atoms with Crippen molar-refractivity contribution in [3.63, 3.8) is 0 Å². The smallest absolute Gasteiger partial charge is 0.412 e. The number of methoxy groups -OCH3 is 1. The Bertz CT molecular complexity index is 497. The molecule has 0 aromatic heterocycles. The maximum Gasteiger partial charge on any atom is 0.412 e. The minimum Gasteiger partial charge on any atom is -0.494 e. The molecule has 0 saturated heterocycles. The number of carbonyl (C=O) groups excluding carboxylic acids is 1. The highest BCUT2D eigenvalue weighted by molar-refractivity contribution is 6.33. The summed E-state index contributed by atoms with van der Waals surface area (Å²) in [6.07, 6.45) is -0.645. The SMILES string of the molecule is COc1cc(N=O)c(Cl)cc1NC(=O)OC(C)(C)C. The maximum absolute atomic E-state index is 11.6. The van der Waals surface area contributed by atoms with Crippen molar-refractivity contribution in [3.8, 4) is 5.75 Å². The Labute approximate surface area is 116 Å². The molecule has 7 heteroatoms. The number of ether oxygens (including phenoxy) is 2. The van der Waals surface area contributed by atoms with Gasteiger partial charge < -0.3 is 9.47 Å². The number of halogens is 1. The van der Waals surface area contributed by atoms with Gasteiger partial charge in [-0.05, 0) is 32.0 Å². The second-order valence-corrected chi connectivity index (χ2v) is 5.13. The second kappa shape index (κ2) is 5.88. The highest BCUT2D eigenvalue weighted by Crippen LogP contribution is 2.36. The van der Waals surface area contributed by atoms with E-state index in [-0.39, 0.29) is 16.5 Å². The van der Waals surface area contributed by atoms with Gasteiger partial charge in [-0.3, -0.25) is 5.32 Å². The van der Waals surface area contributed by atoms with Gasteiger partial charge >= 0.3 is 6.09 Å². The zero-order valence-corrected chi connectivity index (χ0v) is 11.9. The molecule has 1 aromatic rings. The topological polar surface area (TPSA) is 77.0 Å². The van der Waals surface area contributed by atoms with Crippen LogP contribution in [0.5, 0.6) is 5.75 Å². The number of amides is 1. The van der Waals surface area contributed by atoms with Crippen LogP contribution in [-0.2, 0) is 4.74 Å². The first-order valence-corrected chi connectivity index (χ1v) is 5.85. The molecule has 0 aliphatic rings. The summed E-state index contributed by atoms with van der Waals surface area (Å²) in [6, 6.07) is 2.71. The van der Waals surface area contributed by atoms with E-state index in [0.717, 1.165) is 0 Å². The van der Waals surface area contributed by atoms with Gasteiger partial charge in [-0.1, -0.05) is 11.6 Å². The molecule has 1 N–H and O–H groups in total. The van der Waals surface area contributed by atoms with E-state index in [1.54, 1.807) is 20.8 Å². The van der Waals surface area contributed by atoms with Crippen molar-refractivity contribution in [1.29, 1.82) is 0 Å². The number of carbonyl (C=O) groups is 1. The first-order chi connectivity index (χ1) is 8.76. The molecule has 0 atom stereocenters. The Morgan fingerprint density at radius 3 is 2.47 bits per heavy atom. The van der Waals surface area contributed by atoms with Gasteiger partial charge in [-0.2, -0.15) is 0 Å². The average Bonchev–Trinajstić information content (AvgIpc) is 2.26. The maximum atomic E-state index is 11.6. The predicted molar refractivity (Wildman–Crippen MR) is 73.3 cm³/mol. The molecule has 0 aliphatic heterocycles. The third-order valence-electron chi connectivity index (χ3n) is 2.00. The fraction of sp³-hybridized carbons (Fsp3) is 0.417. The lowest BCUT2D eigenvalue weighted by Gasteiger charge is -2.20. The van der Waals surface area contributed by atoms with Crippen molar-refractivity contribution in [3.05, 3.63) is 22.1 Å². The number of anilines is 1. The van der Waals surface area contributed by atoms with Crippen LogP contribution in [0.25, 0.3) is 0 Å². The van der Waals surface area contributed by atoms with Crippen LogP contribution in [0, 0.1) is 4.91 Å². The van der Waals surface area contributed by atoms with Crippen LogP contribution in [0.3, 0.4) is 0 Å². The number of hydrogen-bond donors (Lipinski definition) is 1. The van der Waals surface area contributed by atoms with E-state index in [4.69, 9.17) is 21.1 Å². The summed E-state index contributed by atoms with van der Waals surface area (Å²) in [6.45, 7) is 5.24. The Kier molecular flexibility index (Phi) is 4.72. The van der Waals surface area contributed by atoms with Crippen LogP contribution in [0.15, 0.2) is 17.3 Å². The van der Waals surface area contributed by atoms with E-state index in [2.05, 4.69) is 10.5 Å². The van der Waals surface area contributed by atoms with Crippen LogP contribution < -0.4 is 10.1 Å². The zero-order valence-electron chi connectivity index (χ0n) is 11.1. The van der Waals surface area contributed by atoms with Gasteiger partial charge in [0.1, 0.15) is 17.0 Å². The standard InChI is InChI=1S/C12H15ClN2O4/c1-12(2,3)19-11(16)14-9-5-7(13)8(15-17)6-10(9)18-4/h5-6H,1-4H3,(H,14,16). The first kappa shape index (κ1) is 15.2. The van der Waals surface area contributed by atoms with Gasteiger partial charge in [0.15, 0.2) is 0 Å². The van der Waals surface area contributed by atoms with E-state index in [9.17, 15) is 9.70 Å². The monoisotopic (exact) mass is 286 g/mol. The molecule has 0 spiro atoms. The molecule has 1 rings (SSSR count). The van der Waals surface area contributed by atoms with E-state index in [0.29, 0.717) is 5.69 Å². The van der Waals surface area contributed by atoms with Gasteiger partial charge in [0.05, 0.1) is 17.8 Å². The Balaban J connectivity index is 2.98. The third kappa shape index (κ3) is 4.40. The Morgan fingerprint density at radius 2 is 2.00 bits per heavy atom. The molecule has 0 radical (unpaired) electrons. The molecule has 0 saturated carbocycles. The molecule has 0 bridgehead atoms. The molecule has 1 aromatic carbocycles. The third-order valence-corrected chi connectivity index (χ3v) is 2.31. The fourth-order valence-corrected chi connectivity index (χ4v) is 1.49. The molecule has 0 aliphatic carbocycles. The highest BCUT2D eigenvalue weighted by atomic mass is 35.5. The number of nitroso groups, excluding NO2 is 1. The van der Waals surface area contributed by atoms with Crippen LogP contribution in [0.4, 0.5) is 16.2 Å². The Hall–Kier alpha value is -1.82. The fourth-order valence-electron chi connectivity index (χ4n) is 1.29. The lowest BCUT2D eigenvalue weighted by Crippen LogP contribution is -2.27. The van der Waals surface area contributed by atoms with Crippen molar-refractivity contribution in [2.75, 3.05) is 12.4 Å². The lowest BCUT2D eigenvalue weighted by molar-refractivity contribution is 0.0635. The van der Waals surface area contributed by atoms with Crippen LogP contribution in [0.2, 0.25) is 5.02 Å². The number of hydrogen-bond acceptors (Lipinski definition) is 5. The molecule has 0 unspecified atom stereocenters. The minimum absolute atomic E-state index is 0.0354. The van der Waals surface area contributed by atoms with Crippen molar-refractivity contribution in [2.45, 2.75) is 26.4 Å². The van der Waals surface area contributed by atoms with Crippen LogP contribution in [-0.4, -0.2) is 18.8 Å². The Morgan fingerprint density at radius 1 is 1.37 bits per heavy atom. The molecule has 1 amide bonds. The van der Waals surface area contributed by atoms with E-state index >= 15 is 0 Å². The molecule has 104 valence electrons. The molecule has 6 nitrogen and oxygen atoms in total. The van der Waals surface area contributed by atoms with Gasteiger partial charge in [-0.25, -0.2) is 4.79 Å². The molecule has 19 heavy (non-hydrogen) atoms. The summed E-state index contributed by atoms with van der Waals surface area (Å²) in [5.74, 6) is 0.268. The number of benzene rings is 1. The molecular weight excluding hydrogens is 272 g/mol. The lowest BCUT2D eigenvalue weighted by atomic mass is 10.2. The van der Waals surface area contributed by atoms with Crippen molar-refractivity contribution in [1.82, 2.24) is 0 Å². The quantitative estimate of drug-likeness (QED) is 0.849. The highest BCUT2D eigenvalue weighted by Gasteiger charge is 2.18. The minimum atomic E-state index is -0.645. The number of nitrogens with zero attached hydrogens (tertiary/aromatic N) is 1.